The molecule has 0 unspecified atom stereocenters. The molecule has 13 nitrogen and oxygen atoms in total. The number of carbonyl (C=O) groups is 2. The molecule has 0 aromatic carbocycles. The molecule has 0 saturated heterocycles. The van der Waals surface area contributed by atoms with E-state index in [4.69, 9.17) is 0 Å². The van der Waals surface area contributed by atoms with Crippen molar-refractivity contribution in [3.05, 3.63) is 0 Å². The first-order valence-electron chi connectivity index (χ1n) is 11.4. The molecule has 3 N–H and O–H groups in total. The zero-order valence-corrected chi connectivity index (χ0v) is 28.6. The van der Waals surface area contributed by atoms with Crippen molar-refractivity contribution in [2.45, 2.75) is 79.7 Å². The molecule has 0 atom stereocenters. The first-order chi connectivity index (χ1) is 16.3. The van der Waals surface area contributed by atoms with Gasteiger partial charge in [-0.2, -0.15) is 0 Å². The van der Waals surface area contributed by atoms with Crippen LogP contribution in [0.5, 0.6) is 0 Å². The molecular weight excluding hydrogens is 606 g/mol. The SMILES string of the molecule is C.C.C.C.C.C.C.CC(=O)N(C)C.CCN(C)C.CCNC.CN(C)C.CN(C)S(C)(=O)=O.CNC(C)=O.CNS(C)(=O)=O. The van der Waals surface area contributed by atoms with Gasteiger partial charge in [0.2, 0.25) is 31.9 Å². The standard InChI is InChI=1S/C4H9NO.C4H11N.C3H9NO2S.C3H7NO.2C3H9N.C2H7NO2S.7CH4/c1-4(6)5(2)3;1-4-5(2)3;1-4(2)7(3,5)6;1-3(5)4-2;1-4(2)3;1-3-4-2;1-3-6(2,4)5;;;;;;;/h1-3H3;4H2,1-3H3;1-3H3;1-2H3,(H,4,5);1-3H3;4H,3H2,1-2H3;3H,1-2H3;7*1H4. The maximum atomic E-state index is 10.3. The number of hydrogen-bond acceptors (Lipinski definition) is 9. The van der Waals surface area contributed by atoms with Crippen LogP contribution in [-0.2, 0) is 29.6 Å². The van der Waals surface area contributed by atoms with E-state index in [1.165, 1.54) is 39.9 Å². The van der Waals surface area contributed by atoms with Gasteiger partial charge in [-0.1, -0.05) is 65.8 Å². The number of hydrogen-bond donors (Lipinski definition) is 3. The summed E-state index contributed by atoms with van der Waals surface area (Å²) in [6.45, 7) is 9.40. The van der Waals surface area contributed by atoms with E-state index in [-0.39, 0.29) is 63.8 Å². The van der Waals surface area contributed by atoms with E-state index in [1.54, 1.807) is 21.1 Å². The van der Waals surface area contributed by atoms with Gasteiger partial charge in [0.1, 0.15) is 0 Å². The third-order valence-corrected chi connectivity index (χ3v) is 5.07. The number of amides is 2. The van der Waals surface area contributed by atoms with Gasteiger partial charge in [0.25, 0.3) is 0 Å². The molecule has 0 aliphatic rings. The molecule has 0 bridgehead atoms. The van der Waals surface area contributed by atoms with Crippen molar-refractivity contribution in [3.63, 3.8) is 0 Å². The number of nitrogens with zero attached hydrogens (tertiary/aromatic N) is 4. The van der Waals surface area contributed by atoms with Crippen LogP contribution in [0.3, 0.4) is 0 Å². The van der Waals surface area contributed by atoms with E-state index in [2.05, 4.69) is 48.2 Å². The highest BCUT2D eigenvalue weighted by molar-refractivity contribution is 7.88. The smallest absolute Gasteiger partial charge is 0.218 e. The third-order valence-electron chi connectivity index (χ3n) is 3.00. The number of nitrogens with one attached hydrogen (secondary N) is 3. The fourth-order valence-corrected chi connectivity index (χ4v) is 0. The second-order valence-corrected chi connectivity index (χ2v) is 12.3. The normalized spacial score (nSPS) is 8.02. The van der Waals surface area contributed by atoms with E-state index in [0.717, 1.165) is 29.9 Å². The number of rotatable bonds is 4. The second-order valence-electron chi connectivity index (χ2n) is 8.19. The van der Waals surface area contributed by atoms with Crippen molar-refractivity contribution in [2.75, 3.05) is 110 Å². The van der Waals surface area contributed by atoms with Crippen LogP contribution in [0.15, 0.2) is 0 Å². The molecule has 0 aliphatic heterocycles. The van der Waals surface area contributed by atoms with E-state index in [0.29, 0.717) is 0 Å². The largest absolute Gasteiger partial charge is 0.359 e. The van der Waals surface area contributed by atoms with Crippen molar-refractivity contribution < 1.29 is 26.4 Å². The van der Waals surface area contributed by atoms with Gasteiger partial charge >= 0.3 is 0 Å². The summed E-state index contributed by atoms with van der Waals surface area (Å²) in [5, 5.41) is 5.32. The van der Waals surface area contributed by atoms with E-state index in [9.17, 15) is 26.4 Å². The first-order valence-corrected chi connectivity index (χ1v) is 15.1. The Morgan fingerprint density at radius 1 is 0.636 bits per heavy atom. The maximum Gasteiger partial charge on any atom is 0.218 e. The van der Waals surface area contributed by atoms with Crippen LogP contribution >= 0.6 is 0 Å². The van der Waals surface area contributed by atoms with Gasteiger partial charge in [-0.05, 0) is 62.4 Å². The minimum Gasteiger partial charge on any atom is -0.359 e. The summed E-state index contributed by atoms with van der Waals surface area (Å²) in [5.41, 5.74) is 0. The Morgan fingerprint density at radius 2 is 0.773 bits per heavy atom. The van der Waals surface area contributed by atoms with Crippen LogP contribution in [-0.4, -0.2) is 158 Å². The Morgan fingerprint density at radius 3 is 0.773 bits per heavy atom. The van der Waals surface area contributed by atoms with Gasteiger partial charge in [0.15, 0.2) is 0 Å². The van der Waals surface area contributed by atoms with Crippen molar-refractivity contribution in [2.24, 2.45) is 0 Å². The van der Waals surface area contributed by atoms with Crippen molar-refractivity contribution >= 4 is 31.9 Å². The maximum absolute atomic E-state index is 10.3. The Kier molecular flexibility index (Phi) is 124. The number of sulfonamides is 2. The Balaban J connectivity index is -0.0000000195. The molecule has 0 aromatic rings. The van der Waals surface area contributed by atoms with Crippen LogP contribution < -0.4 is 15.4 Å². The Hall–Kier alpha value is -1.36. The van der Waals surface area contributed by atoms with E-state index in [1.807, 2.05) is 33.1 Å². The predicted molar refractivity (Wildman–Crippen MR) is 207 cm³/mol. The molecular formula is C29H89N7O6S2. The Bertz CT molecular complexity index is 684. The minimum absolute atomic E-state index is 0. The van der Waals surface area contributed by atoms with Gasteiger partial charge in [-0.3, -0.25) is 9.59 Å². The molecule has 0 heterocycles. The first kappa shape index (κ1) is 90.1. The summed E-state index contributed by atoms with van der Waals surface area (Å²) in [7, 11) is 15.6. The van der Waals surface area contributed by atoms with Gasteiger partial charge in [-0.25, -0.2) is 25.9 Å². The molecule has 15 heteroatoms. The minimum atomic E-state index is -2.91. The molecule has 0 rings (SSSR count). The van der Waals surface area contributed by atoms with Gasteiger partial charge in [-0.15, -0.1) is 0 Å². The average molecular weight is 696 g/mol. The lowest BCUT2D eigenvalue weighted by atomic mass is 10.7. The monoisotopic (exact) mass is 696 g/mol. The van der Waals surface area contributed by atoms with Crippen LogP contribution in [0, 0.1) is 0 Å². The summed E-state index contributed by atoms with van der Waals surface area (Å²) in [6, 6.07) is 0. The topological polar surface area (TPSA) is 151 Å². The molecule has 0 aromatic heterocycles. The fourth-order valence-electron chi connectivity index (χ4n) is 0. The molecule has 288 valence electrons. The van der Waals surface area contributed by atoms with Crippen molar-refractivity contribution in [1.29, 1.82) is 0 Å². The average Bonchev–Trinajstić information content (AvgIpc) is 2.73. The molecule has 0 saturated carbocycles. The van der Waals surface area contributed by atoms with Crippen LogP contribution in [0.2, 0.25) is 0 Å². The highest BCUT2D eigenvalue weighted by Gasteiger charge is 2.01. The summed E-state index contributed by atoms with van der Waals surface area (Å²) in [4.78, 5) is 25.4. The van der Waals surface area contributed by atoms with Crippen LogP contribution in [0.1, 0.15) is 79.7 Å². The fraction of sp³-hybridized carbons (Fsp3) is 0.931. The van der Waals surface area contributed by atoms with E-state index < -0.39 is 20.0 Å². The molecule has 0 aliphatic carbocycles. The quantitative estimate of drug-likeness (QED) is 0.397. The highest BCUT2D eigenvalue weighted by atomic mass is 32.2. The van der Waals surface area contributed by atoms with Crippen LogP contribution in [0.25, 0.3) is 0 Å². The number of carbonyl (C=O) groups excluding carboxylic acids is 2. The molecule has 44 heavy (non-hydrogen) atoms. The van der Waals surface area contributed by atoms with Gasteiger partial charge in [0.05, 0.1) is 12.5 Å². The lowest BCUT2D eigenvalue weighted by molar-refractivity contribution is -0.126. The van der Waals surface area contributed by atoms with Gasteiger partial charge in [0, 0.05) is 49.1 Å². The summed E-state index contributed by atoms with van der Waals surface area (Å²) in [5.74, 6) is 0.0972. The van der Waals surface area contributed by atoms with Crippen LogP contribution in [0.4, 0.5) is 0 Å². The summed E-state index contributed by atoms with van der Waals surface area (Å²) >= 11 is 0. The molecule has 0 radical (unpaired) electrons. The Labute approximate surface area is 282 Å². The van der Waals surface area contributed by atoms with E-state index >= 15 is 0 Å². The summed E-state index contributed by atoms with van der Waals surface area (Å²) in [6.07, 6.45) is 2.26. The summed E-state index contributed by atoms with van der Waals surface area (Å²) < 4.78 is 43.5. The van der Waals surface area contributed by atoms with Crippen molar-refractivity contribution in [1.82, 2.24) is 34.4 Å². The zero-order chi connectivity index (χ0) is 32.0. The second kappa shape index (κ2) is 60.8. The highest BCUT2D eigenvalue weighted by Crippen LogP contribution is 1.83. The molecule has 2 amide bonds. The zero-order valence-electron chi connectivity index (χ0n) is 27.0. The lowest BCUT2D eigenvalue weighted by Crippen LogP contribution is -2.19. The molecule has 0 spiro atoms. The van der Waals surface area contributed by atoms with Crippen molar-refractivity contribution in [3.8, 4) is 0 Å². The molecule has 0 fully saturated rings. The predicted octanol–water partition coefficient (Wildman–Crippen LogP) is 3.94. The lowest BCUT2D eigenvalue weighted by Gasteiger charge is -2.02. The van der Waals surface area contributed by atoms with Gasteiger partial charge < -0.3 is 25.3 Å². The third kappa shape index (κ3) is 231.